The number of allylic oxidation sites excluding steroid dienone is 6. The molecule has 2 aromatic heterocycles. The number of rotatable bonds is 10. The van der Waals surface area contributed by atoms with Gasteiger partial charge < -0.3 is 9.52 Å². The van der Waals surface area contributed by atoms with Crippen LogP contribution in [0.1, 0.15) is 105 Å². The van der Waals surface area contributed by atoms with Gasteiger partial charge >= 0.3 is 5.97 Å². The van der Waals surface area contributed by atoms with Crippen LogP contribution in [0, 0.1) is 23.6 Å². The van der Waals surface area contributed by atoms with Gasteiger partial charge in [-0.15, -0.1) is 5.73 Å². The Hall–Kier alpha value is -4.25. The summed E-state index contributed by atoms with van der Waals surface area (Å²) in [4.78, 5) is 30.0. The Bertz CT molecular complexity index is 1950. The molecule has 0 saturated heterocycles. The number of aromatic nitrogens is 1. The highest BCUT2D eigenvalue weighted by Crippen LogP contribution is 2.39. The Morgan fingerprint density at radius 1 is 1.17 bits per heavy atom. The molecule has 0 bridgehead atoms. The van der Waals surface area contributed by atoms with Gasteiger partial charge in [0.1, 0.15) is 11.2 Å². The highest BCUT2D eigenvalue weighted by atomic mass is 35.5. The summed E-state index contributed by atoms with van der Waals surface area (Å²) in [5.41, 5.74) is 8.11. The molecule has 0 atom stereocenters. The number of carbonyl (C=O) groups is 2. The van der Waals surface area contributed by atoms with Crippen molar-refractivity contribution < 1.29 is 23.5 Å². The fourth-order valence-electron chi connectivity index (χ4n) is 5.47. The summed E-state index contributed by atoms with van der Waals surface area (Å²) >= 11 is 5.94. The van der Waals surface area contributed by atoms with Crippen LogP contribution < -0.4 is 10.6 Å². The molecule has 0 amide bonds. The summed E-state index contributed by atoms with van der Waals surface area (Å²) in [6.07, 6.45) is 10.0. The molecule has 0 radical (unpaired) electrons. The van der Waals surface area contributed by atoms with E-state index in [9.17, 15) is 19.1 Å². The first-order chi connectivity index (χ1) is 21.5. The molecule has 4 rings (SSSR count). The second-order valence-corrected chi connectivity index (χ2v) is 13.9. The maximum Gasteiger partial charge on any atom is 0.337 e. The number of hydrogen-bond acceptors (Lipinski definition) is 4. The molecular weight excluding hydrogens is 601 g/mol. The van der Waals surface area contributed by atoms with E-state index >= 15 is 0 Å². The number of aromatic carboxylic acids is 1. The van der Waals surface area contributed by atoms with Crippen LogP contribution >= 0.6 is 11.6 Å². The van der Waals surface area contributed by atoms with Crippen LogP contribution in [-0.4, -0.2) is 21.8 Å². The van der Waals surface area contributed by atoms with E-state index < -0.39 is 17.2 Å². The molecule has 1 N–H and O–H groups in total. The highest BCUT2D eigenvalue weighted by Gasteiger charge is 2.32. The summed E-state index contributed by atoms with van der Waals surface area (Å²) in [5, 5.41) is 10.1. The Labute approximate surface area is 275 Å². The van der Waals surface area contributed by atoms with Crippen molar-refractivity contribution in [3.8, 4) is 0 Å². The van der Waals surface area contributed by atoms with E-state index in [2.05, 4.69) is 51.1 Å². The molecule has 7 heteroatoms. The predicted molar refractivity (Wildman–Crippen MR) is 183 cm³/mol. The molecule has 0 spiro atoms. The summed E-state index contributed by atoms with van der Waals surface area (Å²) in [5.74, 6) is -1.66. The number of benzene rings is 1. The van der Waals surface area contributed by atoms with Gasteiger partial charge in [-0.3, -0.25) is 9.78 Å². The standard InChI is InChI=1S/C39H41ClFNO4/c1-9-10-12-28(34-23(2)17-29(22-42-34)37(44)45)21-39(7,8)24(3)35(43)33-20-27-14-11-13-25(26-15-16-31(40)32(41)19-26)18-30(36(27)46-33)38(4,5)6/h11-12,15-20,22H,3,9-10,13,21H2,1-2,4-8H3,(H,44,45)/b25-18+,28-12+,36-30-. The lowest BCUT2D eigenvalue weighted by Crippen LogP contribution is -2.27. The average molecular weight is 642 g/mol. The second-order valence-electron chi connectivity index (χ2n) is 13.4. The lowest BCUT2D eigenvalue weighted by atomic mass is 9.76. The van der Waals surface area contributed by atoms with Gasteiger partial charge in [-0.2, -0.15) is 0 Å². The largest absolute Gasteiger partial charge is 0.478 e. The number of carbonyl (C=O) groups excluding carboxylic acids is 1. The maximum atomic E-state index is 14.4. The first-order valence-corrected chi connectivity index (χ1v) is 15.8. The van der Waals surface area contributed by atoms with Crippen molar-refractivity contribution >= 4 is 45.8 Å². The molecule has 5 nitrogen and oxygen atoms in total. The number of carboxylic acids is 1. The van der Waals surface area contributed by atoms with Gasteiger partial charge in [0.05, 0.1) is 21.5 Å². The number of pyridine rings is 1. The maximum absolute atomic E-state index is 14.4. The van der Waals surface area contributed by atoms with Crippen molar-refractivity contribution in [3.05, 3.63) is 117 Å². The monoisotopic (exact) mass is 641 g/mol. The van der Waals surface area contributed by atoms with Gasteiger partial charge in [0.2, 0.25) is 5.78 Å². The molecule has 0 aliphatic heterocycles. The van der Waals surface area contributed by atoms with Crippen LogP contribution in [0.3, 0.4) is 0 Å². The van der Waals surface area contributed by atoms with Crippen molar-refractivity contribution in [1.82, 2.24) is 4.98 Å². The van der Waals surface area contributed by atoms with E-state index in [0.717, 1.165) is 35.1 Å². The molecule has 0 saturated carbocycles. The number of ketones is 1. The van der Waals surface area contributed by atoms with Crippen LogP contribution in [0.5, 0.6) is 0 Å². The van der Waals surface area contributed by atoms with Crippen molar-refractivity contribution in [2.24, 2.45) is 10.8 Å². The van der Waals surface area contributed by atoms with E-state index in [-0.39, 0.29) is 27.5 Å². The summed E-state index contributed by atoms with van der Waals surface area (Å²) in [6, 6.07) is 8.09. The summed E-state index contributed by atoms with van der Waals surface area (Å²) in [7, 11) is 0. The molecule has 0 fully saturated rings. The predicted octanol–water partition coefficient (Wildman–Crippen LogP) is 9.13. The minimum Gasteiger partial charge on any atom is -0.478 e. The number of Topliss-reactive ketones (excluding diaryl/α,β-unsaturated/α-hetero) is 1. The molecule has 240 valence electrons. The van der Waals surface area contributed by atoms with Crippen molar-refractivity contribution in [1.29, 1.82) is 0 Å². The van der Waals surface area contributed by atoms with Crippen molar-refractivity contribution in [3.63, 3.8) is 0 Å². The zero-order chi connectivity index (χ0) is 34.0. The Balaban J connectivity index is 1.75. The number of unbranched alkanes of at least 4 members (excludes halogenated alkanes) is 1. The molecule has 1 aromatic carbocycles. The van der Waals surface area contributed by atoms with E-state index in [1.165, 1.54) is 12.3 Å². The third kappa shape index (κ3) is 7.58. The third-order valence-electron chi connectivity index (χ3n) is 8.23. The summed E-state index contributed by atoms with van der Waals surface area (Å²) in [6.45, 7) is 18.3. The lowest BCUT2D eigenvalue weighted by molar-refractivity contribution is 0.0696. The van der Waals surface area contributed by atoms with Gasteiger partial charge in [0.25, 0.3) is 0 Å². The zero-order valence-corrected chi connectivity index (χ0v) is 28.4. The van der Waals surface area contributed by atoms with Gasteiger partial charge in [-0.05, 0) is 83.6 Å². The fourth-order valence-corrected chi connectivity index (χ4v) is 5.59. The van der Waals surface area contributed by atoms with Gasteiger partial charge in [0, 0.05) is 23.4 Å². The number of carboxylic acid groups (broad SMARTS) is 1. The smallest absolute Gasteiger partial charge is 0.337 e. The number of nitrogens with zero attached hydrogens (tertiary/aromatic N) is 1. The molecular formula is C39H41ClFNO4. The Morgan fingerprint density at radius 2 is 1.89 bits per heavy atom. The van der Waals surface area contributed by atoms with Crippen LogP contribution in [0.4, 0.5) is 4.39 Å². The molecule has 2 heterocycles. The number of aryl methyl sites for hydroxylation is 1. The molecule has 0 unspecified atom stereocenters. The molecule has 46 heavy (non-hydrogen) atoms. The quantitative estimate of drug-likeness (QED) is 0.176. The minimum absolute atomic E-state index is 0.0624. The Kier molecular flexibility index (Phi) is 10.3. The summed E-state index contributed by atoms with van der Waals surface area (Å²) < 4.78 is 20.7. The molecule has 1 aliphatic rings. The lowest BCUT2D eigenvalue weighted by Gasteiger charge is -2.28. The number of furan rings is 1. The number of fused-ring (bicyclic) bond motifs is 1. The topological polar surface area (TPSA) is 80.4 Å². The normalized spacial score (nSPS) is 16.1. The van der Waals surface area contributed by atoms with Crippen LogP contribution in [0.2, 0.25) is 5.02 Å². The fraction of sp³-hybridized carbons (Fsp3) is 0.333. The van der Waals surface area contributed by atoms with Crippen LogP contribution in [0.25, 0.3) is 22.5 Å². The van der Waals surface area contributed by atoms with Gasteiger partial charge in [0.15, 0.2) is 5.76 Å². The first kappa shape index (κ1) is 34.6. The van der Waals surface area contributed by atoms with E-state index in [1.54, 1.807) is 24.3 Å². The van der Waals surface area contributed by atoms with Crippen molar-refractivity contribution in [2.75, 3.05) is 0 Å². The minimum atomic E-state index is -1.03. The van der Waals surface area contributed by atoms with Crippen molar-refractivity contribution in [2.45, 2.75) is 74.1 Å². The average Bonchev–Trinajstić information content (AvgIpc) is 3.38. The number of halogens is 2. The van der Waals surface area contributed by atoms with Crippen LogP contribution in [-0.2, 0) is 0 Å². The van der Waals surface area contributed by atoms with Crippen LogP contribution in [0.15, 0.2) is 71.3 Å². The van der Waals surface area contributed by atoms with E-state index in [1.807, 2.05) is 32.9 Å². The number of hydrogen-bond donors (Lipinski definition) is 1. The second kappa shape index (κ2) is 13.6. The van der Waals surface area contributed by atoms with Gasteiger partial charge in [-0.1, -0.05) is 84.4 Å². The van der Waals surface area contributed by atoms with E-state index in [0.29, 0.717) is 40.3 Å². The Morgan fingerprint density at radius 3 is 2.50 bits per heavy atom. The third-order valence-corrected chi connectivity index (χ3v) is 8.54. The van der Waals surface area contributed by atoms with E-state index in [4.69, 9.17) is 16.0 Å². The SMILES string of the molecule is C=C(C(=O)c1cc2/c(o1)=C(C(C)(C)C)\C=C(\c1ccc(Cl)c(F)c1)CC=C=2)C(C)(C)C/C(=C\CCC)c1ncc(C(=O)O)cc1C. The molecule has 3 aromatic rings. The zero-order valence-electron chi connectivity index (χ0n) is 27.6. The first-order valence-electron chi connectivity index (χ1n) is 15.4. The highest BCUT2D eigenvalue weighted by molar-refractivity contribution is 6.30. The van der Waals surface area contributed by atoms with Gasteiger partial charge in [-0.25, -0.2) is 9.18 Å². The molecule has 1 aliphatic carbocycles.